The summed E-state index contributed by atoms with van der Waals surface area (Å²) in [5.41, 5.74) is 1.39. The number of likely N-dealkylation sites (N-methyl/N-ethyl adjacent to an activating group) is 1. The first-order chi connectivity index (χ1) is 13.4. The van der Waals surface area contributed by atoms with Gasteiger partial charge in [0.2, 0.25) is 11.8 Å². The molecule has 150 valence electrons. The molecule has 0 aliphatic rings. The van der Waals surface area contributed by atoms with E-state index in [1.807, 2.05) is 19.9 Å². The fourth-order valence-corrected chi connectivity index (χ4v) is 3.72. The van der Waals surface area contributed by atoms with Gasteiger partial charge in [0, 0.05) is 33.7 Å². The average molecular weight is 442 g/mol. The minimum absolute atomic E-state index is 0.124. The zero-order valence-electron chi connectivity index (χ0n) is 15.8. The Kier molecular flexibility index (Phi) is 8.61. The molecule has 4 nitrogen and oxygen atoms in total. The van der Waals surface area contributed by atoms with Crippen LogP contribution >= 0.6 is 34.8 Å². The van der Waals surface area contributed by atoms with Crippen LogP contribution in [-0.4, -0.2) is 29.3 Å². The van der Waals surface area contributed by atoms with Gasteiger partial charge in [-0.15, -0.1) is 0 Å². The van der Waals surface area contributed by atoms with Crippen LogP contribution in [0.4, 0.5) is 0 Å². The lowest BCUT2D eigenvalue weighted by Gasteiger charge is -2.31. The molecule has 28 heavy (non-hydrogen) atoms. The maximum atomic E-state index is 13.2. The van der Waals surface area contributed by atoms with E-state index in [-0.39, 0.29) is 24.8 Å². The van der Waals surface area contributed by atoms with Gasteiger partial charge in [0.25, 0.3) is 0 Å². The highest BCUT2D eigenvalue weighted by molar-refractivity contribution is 6.36. The molecule has 0 spiro atoms. The lowest BCUT2D eigenvalue weighted by molar-refractivity contribution is -0.140. The summed E-state index contributed by atoms with van der Waals surface area (Å²) in [6, 6.07) is 11.7. The number of nitrogens with zero attached hydrogens (tertiary/aromatic N) is 1. The molecule has 0 saturated heterocycles. The molecule has 2 aromatic carbocycles. The second-order valence-electron chi connectivity index (χ2n) is 6.35. The first-order valence-corrected chi connectivity index (χ1v) is 10.2. The summed E-state index contributed by atoms with van der Waals surface area (Å²) in [5.74, 6) is -0.399. The summed E-state index contributed by atoms with van der Waals surface area (Å²) < 4.78 is 0. The molecule has 0 saturated carbocycles. The van der Waals surface area contributed by atoms with Crippen molar-refractivity contribution in [2.45, 2.75) is 39.3 Å². The first-order valence-electron chi connectivity index (χ1n) is 9.11. The predicted octanol–water partition coefficient (Wildman–Crippen LogP) is 5.13. The van der Waals surface area contributed by atoms with Crippen LogP contribution in [0.5, 0.6) is 0 Å². The van der Waals surface area contributed by atoms with Crippen LogP contribution in [0.15, 0.2) is 42.5 Å². The van der Waals surface area contributed by atoms with Crippen molar-refractivity contribution < 1.29 is 9.59 Å². The van der Waals surface area contributed by atoms with Crippen LogP contribution in [0.3, 0.4) is 0 Å². The highest BCUT2D eigenvalue weighted by Crippen LogP contribution is 2.27. The predicted molar refractivity (Wildman–Crippen MR) is 115 cm³/mol. The second kappa shape index (κ2) is 10.7. The molecule has 0 fully saturated rings. The van der Waals surface area contributed by atoms with Gasteiger partial charge in [-0.3, -0.25) is 9.59 Å². The van der Waals surface area contributed by atoms with Gasteiger partial charge in [-0.2, -0.15) is 0 Å². The lowest BCUT2D eigenvalue weighted by Crippen LogP contribution is -2.49. The van der Waals surface area contributed by atoms with Gasteiger partial charge in [-0.25, -0.2) is 0 Å². The van der Waals surface area contributed by atoms with E-state index in [1.54, 1.807) is 41.3 Å². The number of hydrogen-bond acceptors (Lipinski definition) is 2. The number of rotatable bonds is 8. The van der Waals surface area contributed by atoms with E-state index in [4.69, 9.17) is 34.8 Å². The first kappa shape index (κ1) is 22.5. The number of nitrogens with one attached hydrogen (secondary N) is 1. The Morgan fingerprint density at radius 3 is 2.25 bits per heavy atom. The van der Waals surface area contributed by atoms with Crippen molar-refractivity contribution in [1.29, 1.82) is 0 Å². The number of benzene rings is 2. The number of halogens is 3. The zero-order chi connectivity index (χ0) is 20.7. The van der Waals surface area contributed by atoms with Crippen molar-refractivity contribution in [2.75, 3.05) is 6.54 Å². The second-order valence-corrected chi connectivity index (χ2v) is 7.60. The van der Waals surface area contributed by atoms with Crippen LogP contribution < -0.4 is 5.32 Å². The Labute approximate surface area is 180 Å². The largest absolute Gasteiger partial charge is 0.355 e. The fourth-order valence-electron chi connectivity index (χ4n) is 2.99. The van der Waals surface area contributed by atoms with E-state index in [2.05, 4.69) is 5.32 Å². The van der Waals surface area contributed by atoms with Crippen molar-refractivity contribution in [3.8, 4) is 0 Å². The number of amides is 2. The van der Waals surface area contributed by atoms with Gasteiger partial charge in [-0.1, -0.05) is 59.9 Å². The summed E-state index contributed by atoms with van der Waals surface area (Å²) in [5, 5.41) is 4.27. The fraction of sp³-hybridized carbons (Fsp3) is 0.333. The van der Waals surface area contributed by atoms with Crippen LogP contribution in [0.25, 0.3) is 0 Å². The molecule has 0 aromatic heterocycles. The van der Waals surface area contributed by atoms with Crippen molar-refractivity contribution in [3.63, 3.8) is 0 Å². The van der Waals surface area contributed by atoms with Gasteiger partial charge >= 0.3 is 0 Å². The summed E-state index contributed by atoms with van der Waals surface area (Å²) in [4.78, 5) is 27.3. The molecule has 0 aliphatic carbocycles. The number of hydrogen-bond donors (Lipinski definition) is 1. The summed E-state index contributed by atoms with van der Waals surface area (Å²) in [6.07, 6.45) is 0.591. The topological polar surface area (TPSA) is 49.4 Å². The van der Waals surface area contributed by atoms with Crippen LogP contribution in [0.2, 0.25) is 15.1 Å². The smallest absolute Gasteiger partial charge is 0.242 e. The maximum absolute atomic E-state index is 13.2. The van der Waals surface area contributed by atoms with Gasteiger partial charge < -0.3 is 10.2 Å². The molecule has 1 N–H and O–H groups in total. The van der Waals surface area contributed by atoms with Gasteiger partial charge in [0.05, 0.1) is 6.42 Å². The summed E-state index contributed by atoms with van der Waals surface area (Å²) in [7, 11) is 0. The standard InChI is InChI=1S/C21H23Cl3N2O2/c1-3-19(21(28)25-4-2)26(13-16-17(23)9-6-10-18(16)24)20(27)12-14-7-5-8-15(22)11-14/h5-11,19H,3-4,12-13H2,1-2H3,(H,25,28)/t19-/m0/s1. The molecule has 0 bridgehead atoms. The number of carbonyl (C=O) groups excluding carboxylic acids is 2. The third-order valence-electron chi connectivity index (χ3n) is 4.37. The van der Waals surface area contributed by atoms with Crippen LogP contribution in [-0.2, 0) is 22.6 Å². The molecular formula is C21H23Cl3N2O2. The van der Waals surface area contributed by atoms with E-state index in [0.717, 1.165) is 5.56 Å². The highest BCUT2D eigenvalue weighted by atomic mass is 35.5. The maximum Gasteiger partial charge on any atom is 0.242 e. The summed E-state index contributed by atoms with van der Waals surface area (Å²) >= 11 is 18.7. The molecule has 0 aliphatic heterocycles. The van der Waals surface area contributed by atoms with Gasteiger partial charge in [0.15, 0.2) is 0 Å². The Bertz CT molecular complexity index is 822. The third-order valence-corrected chi connectivity index (χ3v) is 5.31. The van der Waals surface area contributed by atoms with Crippen molar-refractivity contribution >= 4 is 46.6 Å². The van der Waals surface area contributed by atoms with E-state index in [1.165, 1.54) is 0 Å². The molecule has 0 unspecified atom stereocenters. The van der Waals surface area contributed by atoms with E-state index in [9.17, 15) is 9.59 Å². The normalized spacial score (nSPS) is 11.8. The lowest BCUT2D eigenvalue weighted by atomic mass is 10.1. The number of carbonyl (C=O) groups is 2. The van der Waals surface area contributed by atoms with Crippen molar-refractivity contribution in [3.05, 3.63) is 68.7 Å². The Balaban J connectivity index is 2.36. The zero-order valence-corrected chi connectivity index (χ0v) is 18.1. The molecular weight excluding hydrogens is 419 g/mol. The average Bonchev–Trinajstić information content (AvgIpc) is 2.64. The van der Waals surface area contributed by atoms with Crippen molar-refractivity contribution in [2.24, 2.45) is 0 Å². The minimum atomic E-state index is -0.626. The highest BCUT2D eigenvalue weighted by Gasteiger charge is 2.29. The van der Waals surface area contributed by atoms with Crippen LogP contribution in [0, 0.1) is 0 Å². The van der Waals surface area contributed by atoms with Gasteiger partial charge in [-0.05, 0) is 43.2 Å². The van der Waals surface area contributed by atoms with Gasteiger partial charge in [0.1, 0.15) is 6.04 Å². The van der Waals surface area contributed by atoms with Crippen LogP contribution in [0.1, 0.15) is 31.4 Å². The molecule has 0 heterocycles. The SMILES string of the molecule is CCNC(=O)[C@H](CC)N(Cc1c(Cl)cccc1Cl)C(=O)Cc1cccc(Cl)c1. The molecule has 2 rings (SSSR count). The Hall–Kier alpha value is -1.75. The monoisotopic (exact) mass is 440 g/mol. The third kappa shape index (κ3) is 5.87. The molecule has 2 aromatic rings. The van der Waals surface area contributed by atoms with Crippen molar-refractivity contribution in [1.82, 2.24) is 10.2 Å². The molecule has 1 atom stereocenters. The molecule has 0 radical (unpaired) electrons. The molecule has 7 heteroatoms. The Morgan fingerprint density at radius 2 is 1.68 bits per heavy atom. The van der Waals surface area contributed by atoms with E-state index < -0.39 is 6.04 Å². The quantitative estimate of drug-likeness (QED) is 0.617. The van der Waals surface area contributed by atoms with E-state index >= 15 is 0 Å². The van der Waals surface area contributed by atoms with E-state index in [0.29, 0.717) is 33.6 Å². The molecule has 2 amide bonds. The Morgan fingerprint density at radius 1 is 1.04 bits per heavy atom. The minimum Gasteiger partial charge on any atom is -0.355 e. The summed E-state index contributed by atoms with van der Waals surface area (Å²) in [6.45, 7) is 4.34.